The lowest BCUT2D eigenvalue weighted by Gasteiger charge is -2.14. The van der Waals surface area contributed by atoms with Crippen molar-refractivity contribution in [3.05, 3.63) is 36.7 Å². The molecule has 0 bridgehead atoms. The minimum absolute atomic E-state index is 0.0817. The number of hydrogen-bond acceptors (Lipinski definition) is 4. The van der Waals surface area contributed by atoms with E-state index in [4.69, 9.17) is 5.73 Å². The number of anilines is 1. The summed E-state index contributed by atoms with van der Waals surface area (Å²) in [6.45, 7) is 1.66. The molecule has 96 valence electrons. The molecule has 3 N–H and O–H groups in total. The Morgan fingerprint density at radius 1 is 1.39 bits per heavy atom. The van der Waals surface area contributed by atoms with Crippen LogP contribution in [0.2, 0.25) is 0 Å². The Balaban J connectivity index is 2.44. The summed E-state index contributed by atoms with van der Waals surface area (Å²) in [5.41, 5.74) is 5.92. The zero-order valence-corrected chi connectivity index (χ0v) is 10.8. The Morgan fingerprint density at radius 2 is 2.17 bits per heavy atom. The van der Waals surface area contributed by atoms with E-state index in [1.807, 2.05) is 12.1 Å². The van der Waals surface area contributed by atoms with Gasteiger partial charge in [0.2, 0.25) is 10.0 Å². The number of aromatic nitrogens is 1. The van der Waals surface area contributed by atoms with Gasteiger partial charge in [0.25, 0.3) is 0 Å². The standard InChI is InChI=1S/C12H15N3O2S/c1-9(7-13)18(16,17)15-12-4-2-3-10-5-6-14-8-11(10)12/h2-6,8-9,15H,7,13H2,1H3. The molecule has 1 heterocycles. The highest BCUT2D eigenvalue weighted by Gasteiger charge is 2.19. The lowest BCUT2D eigenvalue weighted by Crippen LogP contribution is -2.31. The number of benzene rings is 1. The quantitative estimate of drug-likeness (QED) is 0.873. The molecular formula is C12H15N3O2S. The molecule has 1 aromatic heterocycles. The second kappa shape index (κ2) is 4.91. The van der Waals surface area contributed by atoms with Crippen molar-refractivity contribution in [3.63, 3.8) is 0 Å². The van der Waals surface area contributed by atoms with Gasteiger partial charge in [0.1, 0.15) is 0 Å². The highest BCUT2D eigenvalue weighted by molar-refractivity contribution is 7.93. The number of pyridine rings is 1. The van der Waals surface area contributed by atoms with Crippen LogP contribution in [0.25, 0.3) is 10.8 Å². The fourth-order valence-electron chi connectivity index (χ4n) is 1.58. The Kier molecular flexibility index (Phi) is 3.49. The number of nitrogens with two attached hydrogens (primary N) is 1. The first kappa shape index (κ1) is 12.8. The number of rotatable bonds is 4. The molecule has 1 atom stereocenters. The topological polar surface area (TPSA) is 85.1 Å². The zero-order chi connectivity index (χ0) is 13.2. The largest absolute Gasteiger partial charge is 0.329 e. The van der Waals surface area contributed by atoms with Gasteiger partial charge in [-0.3, -0.25) is 9.71 Å². The van der Waals surface area contributed by atoms with Crippen LogP contribution in [0.15, 0.2) is 36.7 Å². The highest BCUT2D eigenvalue weighted by atomic mass is 32.2. The number of nitrogens with one attached hydrogen (secondary N) is 1. The molecule has 0 saturated heterocycles. The van der Waals surface area contributed by atoms with E-state index in [9.17, 15) is 8.42 Å². The van der Waals surface area contributed by atoms with Crippen LogP contribution < -0.4 is 10.5 Å². The van der Waals surface area contributed by atoms with E-state index in [-0.39, 0.29) is 6.54 Å². The molecule has 0 fully saturated rings. The van der Waals surface area contributed by atoms with E-state index < -0.39 is 15.3 Å². The van der Waals surface area contributed by atoms with Gasteiger partial charge in [-0.15, -0.1) is 0 Å². The molecule has 0 saturated carbocycles. The van der Waals surface area contributed by atoms with E-state index in [0.29, 0.717) is 5.69 Å². The molecule has 2 aromatic rings. The predicted molar refractivity (Wildman–Crippen MR) is 72.8 cm³/mol. The van der Waals surface area contributed by atoms with Crippen molar-refractivity contribution in [3.8, 4) is 0 Å². The average Bonchev–Trinajstić information content (AvgIpc) is 2.38. The molecule has 2 rings (SSSR count). The van der Waals surface area contributed by atoms with E-state index in [1.54, 1.807) is 31.5 Å². The Morgan fingerprint density at radius 3 is 2.89 bits per heavy atom. The molecule has 0 spiro atoms. The van der Waals surface area contributed by atoms with Crippen LogP contribution in [0.1, 0.15) is 6.92 Å². The van der Waals surface area contributed by atoms with Gasteiger partial charge < -0.3 is 5.73 Å². The van der Waals surface area contributed by atoms with Crippen LogP contribution in [-0.2, 0) is 10.0 Å². The molecule has 6 heteroatoms. The maximum Gasteiger partial charge on any atom is 0.236 e. The third kappa shape index (κ3) is 2.44. The van der Waals surface area contributed by atoms with Crippen LogP contribution in [0, 0.1) is 0 Å². The first-order chi connectivity index (χ1) is 8.54. The number of hydrogen-bond donors (Lipinski definition) is 2. The van der Waals surface area contributed by atoms with E-state index in [0.717, 1.165) is 10.8 Å². The van der Waals surface area contributed by atoms with Gasteiger partial charge >= 0.3 is 0 Å². The summed E-state index contributed by atoms with van der Waals surface area (Å²) in [4.78, 5) is 4.01. The molecular weight excluding hydrogens is 250 g/mol. The van der Waals surface area contributed by atoms with Crippen LogP contribution >= 0.6 is 0 Å². The minimum atomic E-state index is -3.46. The summed E-state index contributed by atoms with van der Waals surface area (Å²) < 4.78 is 26.5. The molecule has 0 radical (unpaired) electrons. The van der Waals surface area contributed by atoms with Crippen LogP contribution in [0.3, 0.4) is 0 Å². The van der Waals surface area contributed by atoms with Gasteiger partial charge in [0.15, 0.2) is 0 Å². The molecule has 5 nitrogen and oxygen atoms in total. The van der Waals surface area contributed by atoms with Gasteiger partial charge in [0, 0.05) is 24.3 Å². The monoisotopic (exact) mass is 265 g/mol. The third-order valence-corrected chi connectivity index (χ3v) is 4.55. The first-order valence-electron chi connectivity index (χ1n) is 5.59. The van der Waals surface area contributed by atoms with Crippen molar-refractivity contribution in [2.75, 3.05) is 11.3 Å². The third-order valence-electron chi connectivity index (χ3n) is 2.80. The Hall–Kier alpha value is -1.66. The van der Waals surface area contributed by atoms with Gasteiger partial charge in [-0.25, -0.2) is 8.42 Å². The lowest BCUT2D eigenvalue weighted by molar-refractivity contribution is 0.589. The summed E-state index contributed by atoms with van der Waals surface area (Å²) >= 11 is 0. The second-order valence-electron chi connectivity index (χ2n) is 4.10. The normalized spacial score (nSPS) is 13.4. The van der Waals surface area contributed by atoms with Crippen LogP contribution in [0.5, 0.6) is 0 Å². The summed E-state index contributed by atoms with van der Waals surface area (Å²) in [5, 5.41) is 1.07. The van der Waals surface area contributed by atoms with Crippen LogP contribution in [-0.4, -0.2) is 25.2 Å². The summed E-state index contributed by atoms with van der Waals surface area (Å²) in [5.74, 6) is 0. The molecule has 18 heavy (non-hydrogen) atoms. The summed E-state index contributed by atoms with van der Waals surface area (Å²) in [7, 11) is -3.46. The fourth-order valence-corrected chi connectivity index (χ4v) is 2.52. The Bertz CT molecular complexity index is 650. The fraction of sp³-hybridized carbons (Fsp3) is 0.250. The molecule has 1 aromatic carbocycles. The summed E-state index contributed by atoms with van der Waals surface area (Å²) in [6.07, 6.45) is 3.31. The first-order valence-corrected chi connectivity index (χ1v) is 7.13. The highest BCUT2D eigenvalue weighted by Crippen LogP contribution is 2.23. The van der Waals surface area contributed by atoms with E-state index in [2.05, 4.69) is 9.71 Å². The van der Waals surface area contributed by atoms with Gasteiger partial charge in [0.05, 0.1) is 10.9 Å². The van der Waals surface area contributed by atoms with E-state index >= 15 is 0 Å². The van der Waals surface area contributed by atoms with Crippen molar-refractivity contribution in [2.45, 2.75) is 12.2 Å². The lowest BCUT2D eigenvalue weighted by atomic mass is 10.1. The molecule has 0 aliphatic heterocycles. The van der Waals surface area contributed by atoms with Crippen LogP contribution in [0.4, 0.5) is 5.69 Å². The van der Waals surface area contributed by atoms with Gasteiger partial charge in [-0.05, 0) is 24.4 Å². The maximum absolute atomic E-state index is 12.0. The number of nitrogens with zero attached hydrogens (tertiary/aromatic N) is 1. The summed E-state index contributed by atoms with van der Waals surface area (Å²) in [6, 6.07) is 7.25. The van der Waals surface area contributed by atoms with Crippen molar-refractivity contribution >= 4 is 26.5 Å². The van der Waals surface area contributed by atoms with Crippen molar-refractivity contribution in [1.82, 2.24) is 4.98 Å². The molecule has 1 unspecified atom stereocenters. The SMILES string of the molecule is CC(CN)S(=O)(=O)Nc1cccc2ccncc12. The molecule has 0 aliphatic carbocycles. The van der Waals surface area contributed by atoms with Crippen molar-refractivity contribution in [2.24, 2.45) is 5.73 Å². The molecule has 0 amide bonds. The number of fused-ring (bicyclic) bond motifs is 1. The Labute approximate surface area is 106 Å². The number of sulfonamides is 1. The molecule has 0 aliphatic rings. The predicted octanol–water partition coefficient (Wildman–Crippen LogP) is 1.32. The van der Waals surface area contributed by atoms with E-state index in [1.165, 1.54) is 0 Å². The van der Waals surface area contributed by atoms with Crippen molar-refractivity contribution < 1.29 is 8.42 Å². The van der Waals surface area contributed by atoms with Crippen molar-refractivity contribution in [1.29, 1.82) is 0 Å². The average molecular weight is 265 g/mol. The smallest absolute Gasteiger partial charge is 0.236 e. The minimum Gasteiger partial charge on any atom is -0.329 e. The second-order valence-corrected chi connectivity index (χ2v) is 6.19. The maximum atomic E-state index is 12.0. The van der Waals surface area contributed by atoms with Gasteiger partial charge in [-0.2, -0.15) is 0 Å². The van der Waals surface area contributed by atoms with Gasteiger partial charge in [-0.1, -0.05) is 12.1 Å². The zero-order valence-electron chi connectivity index (χ0n) is 10.00.